The molecule has 0 aliphatic heterocycles. The Morgan fingerprint density at radius 1 is 0.811 bits per heavy atom. The van der Waals surface area contributed by atoms with E-state index in [9.17, 15) is 19.2 Å². The molecule has 53 heavy (non-hydrogen) atoms. The number of H-pyrrole nitrogens is 1. The van der Waals surface area contributed by atoms with Crippen LogP contribution in [0.3, 0.4) is 0 Å². The highest BCUT2D eigenvalue weighted by atomic mass is 16.5. The summed E-state index contributed by atoms with van der Waals surface area (Å²) in [6, 6.07) is 1.30. The average molecular weight is 733 g/mol. The van der Waals surface area contributed by atoms with Gasteiger partial charge in [-0.1, -0.05) is 118 Å². The lowest BCUT2D eigenvalue weighted by molar-refractivity contribution is -0.212. The van der Waals surface area contributed by atoms with Crippen molar-refractivity contribution >= 4 is 11.9 Å². The first-order valence-corrected chi connectivity index (χ1v) is 21.7. The second kappa shape index (κ2) is 14.9. The van der Waals surface area contributed by atoms with Crippen LogP contribution < -0.4 is 11.2 Å². The van der Waals surface area contributed by atoms with Crippen molar-refractivity contribution in [1.82, 2.24) is 9.55 Å². The van der Waals surface area contributed by atoms with Crippen LogP contribution in [0.1, 0.15) is 189 Å². The molecule has 1 aromatic rings. The first-order chi connectivity index (χ1) is 24.9. The minimum atomic E-state index is -0.647. The van der Waals surface area contributed by atoms with Gasteiger partial charge in [-0.2, -0.15) is 0 Å². The zero-order valence-electron chi connectivity index (χ0n) is 34.7. The highest BCUT2D eigenvalue weighted by Crippen LogP contribution is 2.76. The third-order valence-corrected chi connectivity index (χ3v) is 16.8. The number of hydrogen-bond acceptors (Lipinski definition) is 5. The molecule has 8 atom stereocenters. The minimum Gasteiger partial charge on any atom is -0.462 e. The van der Waals surface area contributed by atoms with Crippen LogP contribution in [0.25, 0.3) is 0 Å². The molecular formula is C46H72N2O5. The van der Waals surface area contributed by atoms with Gasteiger partial charge in [0.25, 0.3) is 5.56 Å². The van der Waals surface area contributed by atoms with Crippen molar-refractivity contribution in [3.8, 4) is 0 Å². The van der Waals surface area contributed by atoms with Gasteiger partial charge in [-0.15, -0.1) is 0 Å². The highest BCUT2D eigenvalue weighted by molar-refractivity contribution is 5.86. The summed E-state index contributed by atoms with van der Waals surface area (Å²) in [7, 11) is 0. The van der Waals surface area contributed by atoms with Crippen LogP contribution in [0.4, 0.5) is 0 Å². The van der Waals surface area contributed by atoms with Gasteiger partial charge in [-0.3, -0.25) is 19.4 Å². The van der Waals surface area contributed by atoms with Crippen LogP contribution in [0.15, 0.2) is 33.5 Å². The molecule has 4 fully saturated rings. The molecule has 0 aromatic carbocycles. The standard InChI is InChI=1S/C46H72N2O5/c1-9-10-11-12-13-14-15-16-17-18-38(50)53-36-22-24-43(6)34(42(36,4)5)21-25-45(8)35(43)20-19-32-33-31-41(2,3)26-28-46(33,29-27-44(32,45)7)39(51)48-30-23-37(49)47-40(48)52/h19,23,30,33-36H,9-18,20-22,24-29,31H2,1-8H3,(H,47,49,52)/t33-,34?,35?,36-,43-,44+,45+,46-/m0/s1. The molecule has 1 N–H and O–H groups in total. The van der Waals surface area contributed by atoms with Crippen molar-refractivity contribution in [2.24, 2.45) is 50.2 Å². The number of fused-ring (bicyclic) bond motifs is 7. The van der Waals surface area contributed by atoms with Gasteiger partial charge in [0.15, 0.2) is 0 Å². The molecule has 2 unspecified atom stereocenters. The van der Waals surface area contributed by atoms with E-state index in [0.29, 0.717) is 18.3 Å². The maximum Gasteiger partial charge on any atom is 0.335 e. The summed E-state index contributed by atoms with van der Waals surface area (Å²) in [6.45, 7) is 19.3. The number of rotatable bonds is 12. The molecule has 0 amide bonds. The number of hydrogen-bond donors (Lipinski definition) is 1. The molecule has 0 bridgehead atoms. The van der Waals surface area contributed by atoms with Crippen molar-refractivity contribution in [2.75, 3.05) is 0 Å². The molecule has 7 heteroatoms. The molecule has 0 radical (unpaired) electrons. The van der Waals surface area contributed by atoms with Gasteiger partial charge in [0.2, 0.25) is 5.91 Å². The Bertz CT molecular complexity index is 1670. The summed E-state index contributed by atoms with van der Waals surface area (Å²) < 4.78 is 7.57. The van der Waals surface area contributed by atoms with E-state index in [4.69, 9.17) is 4.74 Å². The summed E-state index contributed by atoms with van der Waals surface area (Å²) >= 11 is 0. The largest absolute Gasteiger partial charge is 0.462 e. The number of carbonyl (C=O) groups is 2. The first kappa shape index (κ1) is 40.2. The Kier molecular flexibility index (Phi) is 11.3. The topological polar surface area (TPSA) is 98.2 Å². The van der Waals surface area contributed by atoms with Crippen LogP contribution >= 0.6 is 0 Å². The van der Waals surface area contributed by atoms with Crippen LogP contribution in [0.2, 0.25) is 0 Å². The smallest absolute Gasteiger partial charge is 0.335 e. The summed E-state index contributed by atoms with van der Waals surface area (Å²) in [5.41, 5.74) is -0.145. The number of unbranched alkanes of at least 4 members (excludes halogenated alkanes) is 8. The zero-order valence-corrected chi connectivity index (χ0v) is 34.7. The van der Waals surface area contributed by atoms with Gasteiger partial charge in [-0.05, 0) is 110 Å². The van der Waals surface area contributed by atoms with Crippen molar-refractivity contribution in [3.05, 3.63) is 44.8 Å². The van der Waals surface area contributed by atoms with Gasteiger partial charge in [0, 0.05) is 24.1 Å². The third kappa shape index (κ3) is 7.00. The predicted molar refractivity (Wildman–Crippen MR) is 213 cm³/mol. The summed E-state index contributed by atoms with van der Waals surface area (Å²) in [6.07, 6.45) is 25.2. The normalized spacial score (nSPS) is 36.9. The number of aromatic nitrogens is 2. The molecule has 1 heterocycles. The monoisotopic (exact) mass is 733 g/mol. The number of esters is 1. The Labute approximate surface area is 319 Å². The third-order valence-electron chi connectivity index (χ3n) is 16.8. The van der Waals surface area contributed by atoms with Gasteiger partial charge in [0.1, 0.15) is 6.10 Å². The minimum absolute atomic E-state index is 0.00667. The Hall–Kier alpha value is -2.44. The van der Waals surface area contributed by atoms with E-state index in [-0.39, 0.29) is 51.0 Å². The fourth-order valence-corrected chi connectivity index (χ4v) is 13.4. The van der Waals surface area contributed by atoms with E-state index in [1.54, 1.807) is 0 Å². The Morgan fingerprint density at radius 2 is 1.47 bits per heavy atom. The Balaban J connectivity index is 1.18. The van der Waals surface area contributed by atoms with Gasteiger partial charge in [0.05, 0.1) is 5.41 Å². The molecule has 4 saturated carbocycles. The molecule has 5 aliphatic carbocycles. The zero-order chi connectivity index (χ0) is 38.5. The number of ether oxygens (including phenoxy) is 1. The second-order valence-electron chi connectivity index (χ2n) is 20.6. The van der Waals surface area contributed by atoms with E-state index < -0.39 is 16.7 Å². The lowest BCUT2D eigenvalue weighted by Crippen LogP contribution is -2.65. The molecular weight excluding hydrogens is 661 g/mol. The summed E-state index contributed by atoms with van der Waals surface area (Å²) in [4.78, 5) is 55.0. The van der Waals surface area contributed by atoms with Crippen molar-refractivity contribution in [2.45, 2.75) is 190 Å². The average Bonchev–Trinajstić information content (AvgIpc) is 3.08. The van der Waals surface area contributed by atoms with Crippen molar-refractivity contribution in [3.63, 3.8) is 0 Å². The maximum absolute atomic E-state index is 14.6. The van der Waals surface area contributed by atoms with Crippen molar-refractivity contribution < 1.29 is 14.3 Å². The van der Waals surface area contributed by atoms with E-state index in [1.165, 1.54) is 67.3 Å². The molecule has 1 aromatic heterocycles. The van der Waals surface area contributed by atoms with Gasteiger partial charge >= 0.3 is 11.7 Å². The maximum atomic E-state index is 14.6. The number of allylic oxidation sites excluding steroid dienone is 2. The second-order valence-corrected chi connectivity index (χ2v) is 20.6. The van der Waals surface area contributed by atoms with E-state index in [1.807, 2.05) is 0 Å². The first-order valence-electron chi connectivity index (χ1n) is 21.7. The van der Waals surface area contributed by atoms with Crippen LogP contribution in [0, 0.1) is 50.2 Å². The quantitative estimate of drug-likeness (QED) is 0.131. The van der Waals surface area contributed by atoms with Gasteiger partial charge < -0.3 is 4.74 Å². The van der Waals surface area contributed by atoms with Crippen LogP contribution in [-0.2, 0) is 9.53 Å². The summed E-state index contributed by atoms with van der Waals surface area (Å²) in [5.74, 6) is 0.889. The van der Waals surface area contributed by atoms with E-state index >= 15 is 0 Å². The number of nitrogens with one attached hydrogen (secondary N) is 1. The van der Waals surface area contributed by atoms with E-state index in [2.05, 4.69) is 66.4 Å². The van der Waals surface area contributed by atoms with Crippen molar-refractivity contribution in [1.29, 1.82) is 0 Å². The molecule has 0 spiro atoms. The molecule has 296 valence electrons. The number of aromatic amines is 1. The molecule has 5 aliphatic rings. The van der Waals surface area contributed by atoms with Crippen LogP contribution in [-0.4, -0.2) is 27.5 Å². The predicted octanol–water partition coefficient (Wildman–Crippen LogP) is 10.8. The molecule has 7 nitrogen and oxygen atoms in total. The van der Waals surface area contributed by atoms with Gasteiger partial charge in [-0.25, -0.2) is 9.36 Å². The van der Waals surface area contributed by atoms with E-state index in [0.717, 1.165) is 77.0 Å². The van der Waals surface area contributed by atoms with Crippen LogP contribution in [0.5, 0.6) is 0 Å². The number of nitrogens with zero attached hydrogens (tertiary/aromatic N) is 1. The fraction of sp³-hybridized carbons (Fsp3) is 0.826. The number of carbonyl (C=O) groups excluding carboxylic acids is 2. The summed E-state index contributed by atoms with van der Waals surface area (Å²) in [5, 5.41) is 0. The lowest BCUT2D eigenvalue weighted by Gasteiger charge is -2.71. The Morgan fingerprint density at radius 3 is 2.15 bits per heavy atom. The lowest BCUT2D eigenvalue weighted by atomic mass is 9.33. The molecule has 6 rings (SSSR count). The molecule has 0 saturated heterocycles. The highest BCUT2D eigenvalue weighted by Gasteiger charge is 2.69. The fourth-order valence-electron chi connectivity index (χ4n) is 13.4. The SMILES string of the molecule is CCCCCCCCCCCC(=O)O[C@H]1CC[C@@]2(C)C(CC[C@]3(C)C2CC=C2[C@@H]4CC(C)(C)CC[C@]4(C(=O)n4ccc(=O)[nH]c4=O)CC[C@]23C)C1(C)C.